The number of carbonyl (C=O) groups is 1. The first-order valence-electron chi connectivity index (χ1n) is 5.69. The summed E-state index contributed by atoms with van der Waals surface area (Å²) in [4.78, 5) is 22.0. The van der Waals surface area contributed by atoms with Crippen molar-refractivity contribution in [3.63, 3.8) is 0 Å². The molecule has 1 rings (SSSR count). The zero-order valence-corrected chi connectivity index (χ0v) is 11.3. The summed E-state index contributed by atoms with van der Waals surface area (Å²) in [5.41, 5.74) is -0.386. The van der Waals surface area contributed by atoms with E-state index in [1.807, 2.05) is 0 Å². The Morgan fingerprint density at radius 2 is 2.05 bits per heavy atom. The number of methoxy groups -OCH3 is 2. The number of ether oxygens (including phenoxy) is 3. The Bertz CT molecular complexity index is 526. The van der Waals surface area contributed by atoms with Gasteiger partial charge in [-0.2, -0.15) is 0 Å². The monoisotopic (exact) mass is 281 g/mol. The number of hydrogen-bond acceptors (Lipinski definition) is 6. The van der Waals surface area contributed by atoms with Crippen molar-refractivity contribution in [2.75, 3.05) is 27.4 Å². The van der Waals surface area contributed by atoms with Gasteiger partial charge in [0.2, 0.25) is 0 Å². The highest BCUT2D eigenvalue weighted by Gasteiger charge is 2.25. The lowest BCUT2D eigenvalue weighted by Crippen LogP contribution is -2.10. The van der Waals surface area contributed by atoms with Gasteiger partial charge in [0.05, 0.1) is 24.2 Å². The molecule has 1 aromatic carbocycles. The maximum Gasteiger partial charge on any atom is 0.338 e. The molecule has 0 amide bonds. The minimum atomic E-state index is -0.754. The summed E-state index contributed by atoms with van der Waals surface area (Å²) in [6, 6.07) is 4.26. The molecule has 0 atom stereocenters. The van der Waals surface area contributed by atoms with Crippen molar-refractivity contribution >= 4 is 17.2 Å². The van der Waals surface area contributed by atoms with Gasteiger partial charge in [-0.1, -0.05) is 12.6 Å². The molecular weight excluding hydrogens is 266 g/mol. The molecule has 0 saturated carbocycles. The third kappa shape index (κ3) is 3.55. The summed E-state index contributed by atoms with van der Waals surface area (Å²) < 4.78 is 14.8. The smallest absolute Gasteiger partial charge is 0.338 e. The normalized spacial score (nSPS) is 9.90. The van der Waals surface area contributed by atoms with Crippen molar-refractivity contribution in [1.82, 2.24) is 0 Å². The van der Waals surface area contributed by atoms with Crippen molar-refractivity contribution in [1.29, 1.82) is 0 Å². The van der Waals surface area contributed by atoms with E-state index < -0.39 is 10.9 Å². The van der Waals surface area contributed by atoms with Gasteiger partial charge >= 0.3 is 5.97 Å². The molecule has 108 valence electrons. The Labute approximate surface area is 115 Å². The van der Waals surface area contributed by atoms with Gasteiger partial charge in [-0.15, -0.1) is 0 Å². The maximum absolute atomic E-state index is 11.5. The SMILES string of the molecule is C=C(C(=O)OC)c1c(OCCOC)cccc1[N+](=O)[O-]. The van der Waals surface area contributed by atoms with Crippen LogP contribution in [0.3, 0.4) is 0 Å². The third-order valence-electron chi connectivity index (χ3n) is 2.48. The maximum atomic E-state index is 11.5. The number of nitro groups is 1. The molecule has 0 saturated heterocycles. The second-order valence-electron chi connectivity index (χ2n) is 3.72. The zero-order valence-electron chi connectivity index (χ0n) is 11.3. The third-order valence-corrected chi connectivity index (χ3v) is 2.48. The topological polar surface area (TPSA) is 87.9 Å². The lowest BCUT2D eigenvalue weighted by Gasteiger charge is -2.12. The van der Waals surface area contributed by atoms with E-state index in [-0.39, 0.29) is 29.2 Å². The summed E-state index contributed by atoms with van der Waals surface area (Å²) >= 11 is 0. The molecule has 20 heavy (non-hydrogen) atoms. The van der Waals surface area contributed by atoms with E-state index in [1.165, 1.54) is 32.4 Å². The molecule has 0 aromatic heterocycles. The highest BCUT2D eigenvalue weighted by Crippen LogP contribution is 2.34. The molecule has 0 aliphatic heterocycles. The largest absolute Gasteiger partial charge is 0.490 e. The molecule has 0 aliphatic carbocycles. The van der Waals surface area contributed by atoms with E-state index in [9.17, 15) is 14.9 Å². The Morgan fingerprint density at radius 3 is 2.60 bits per heavy atom. The fraction of sp³-hybridized carbons (Fsp3) is 0.308. The predicted octanol–water partition coefficient (Wildman–Crippen LogP) is 1.81. The van der Waals surface area contributed by atoms with Crippen LogP contribution in [-0.4, -0.2) is 38.3 Å². The minimum Gasteiger partial charge on any atom is -0.490 e. The molecule has 0 radical (unpaired) electrons. The van der Waals surface area contributed by atoms with Gasteiger partial charge in [-0.05, 0) is 6.07 Å². The molecule has 7 heteroatoms. The van der Waals surface area contributed by atoms with Gasteiger partial charge in [0.1, 0.15) is 17.9 Å². The van der Waals surface area contributed by atoms with Gasteiger partial charge in [-0.3, -0.25) is 10.1 Å². The average molecular weight is 281 g/mol. The summed E-state index contributed by atoms with van der Waals surface area (Å²) in [6.45, 7) is 4.04. The van der Waals surface area contributed by atoms with Crippen molar-refractivity contribution in [3.05, 3.63) is 40.5 Å². The van der Waals surface area contributed by atoms with Crippen molar-refractivity contribution < 1.29 is 23.9 Å². The molecule has 0 bridgehead atoms. The average Bonchev–Trinajstić information content (AvgIpc) is 2.45. The van der Waals surface area contributed by atoms with E-state index in [2.05, 4.69) is 11.3 Å². The lowest BCUT2D eigenvalue weighted by atomic mass is 10.0. The van der Waals surface area contributed by atoms with Crippen LogP contribution in [0.2, 0.25) is 0 Å². The second kappa shape index (κ2) is 7.25. The summed E-state index contributed by atoms with van der Waals surface area (Å²) in [6.07, 6.45) is 0. The number of hydrogen-bond donors (Lipinski definition) is 0. The fourth-order valence-electron chi connectivity index (χ4n) is 1.56. The van der Waals surface area contributed by atoms with Crippen LogP contribution in [0.4, 0.5) is 5.69 Å². The van der Waals surface area contributed by atoms with Crippen LogP contribution in [0.5, 0.6) is 5.75 Å². The van der Waals surface area contributed by atoms with Gasteiger partial charge < -0.3 is 14.2 Å². The molecule has 0 spiro atoms. The van der Waals surface area contributed by atoms with Gasteiger partial charge in [0.25, 0.3) is 5.69 Å². The first-order valence-corrected chi connectivity index (χ1v) is 5.69. The standard InChI is InChI=1S/C13H15NO6/c1-9(13(15)19-3)12-10(14(16)17)5-4-6-11(12)20-8-7-18-2/h4-6H,1,7-8H2,2-3H3. The van der Waals surface area contributed by atoms with E-state index in [1.54, 1.807) is 0 Å². The Balaban J connectivity index is 3.22. The van der Waals surface area contributed by atoms with Crippen LogP contribution in [-0.2, 0) is 14.3 Å². The number of rotatable bonds is 7. The minimum absolute atomic E-state index is 0.0143. The number of nitrogens with zero attached hydrogens (tertiary/aromatic N) is 1. The zero-order chi connectivity index (χ0) is 15.1. The molecule has 7 nitrogen and oxygen atoms in total. The van der Waals surface area contributed by atoms with Crippen LogP contribution >= 0.6 is 0 Å². The van der Waals surface area contributed by atoms with Crippen molar-refractivity contribution in [2.45, 2.75) is 0 Å². The number of benzene rings is 1. The highest BCUT2D eigenvalue weighted by atomic mass is 16.6. The molecule has 0 unspecified atom stereocenters. The Morgan fingerprint density at radius 1 is 1.35 bits per heavy atom. The lowest BCUT2D eigenvalue weighted by molar-refractivity contribution is -0.385. The fourth-order valence-corrected chi connectivity index (χ4v) is 1.56. The number of carbonyl (C=O) groups excluding carboxylic acids is 1. The van der Waals surface area contributed by atoms with Crippen LogP contribution in [0.25, 0.3) is 5.57 Å². The quantitative estimate of drug-likeness (QED) is 0.249. The summed E-state index contributed by atoms with van der Waals surface area (Å²) in [7, 11) is 2.68. The molecule has 0 aliphatic rings. The molecule has 1 aromatic rings. The molecule has 0 heterocycles. The van der Waals surface area contributed by atoms with Crippen LogP contribution in [0, 0.1) is 10.1 Å². The van der Waals surface area contributed by atoms with Crippen LogP contribution in [0.1, 0.15) is 5.56 Å². The number of nitro benzene ring substituents is 1. The predicted molar refractivity (Wildman–Crippen MR) is 71.5 cm³/mol. The van der Waals surface area contributed by atoms with Crippen LogP contribution < -0.4 is 4.74 Å². The molecular formula is C13H15NO6. The Hall–Kier alpha value is -2.41. The van der Waals surface area contributed by atoms with Crippen molar-refractivity contribution in [3.8, 4) is 5.75 Å². The molecule has 0 N–H and O–H groups in total. The second-order valence-corrected chi connectivity index (χ2v) is 3.72. The first-order chi connectivity index (χ1) is 9.52. The highest BCUT2D eigenvalue weighted by molar-refractivity contribution is 6.17. The first kappa shape index (κ1) is 15.6. The molecule has 0 fully saturated rings. The van der Waals surface area contributed by atoms with Crippen molar-refractivity contribution in [2.24, 2.45) is 0 Å². The van der Waals surface area contributed by atoms with Gasteiger partial charge in [0.15, 0.2) is 0 Å². The van der Waals surface area contributed by atoms with Crippen LogP contribution in [0.15, 0.2) is 24.8 Å². The van der Waals surface area contributed by atoms with Gasteiger partial charge in [-0.25, -0.2) is 4.79 Å². The van der Waals surface area contributed by atoms with Gasteiger partial charge in [0, 0.05) is 13.2 Å². The Kier molecular flexibility index (Phi) is 5.67. The van der Waals surface area contributed by atoms with E-state index in [0.717, 1.165) is 0 Å². The van der Waals surface area contributed by atoms with E-state index in [0.29, 0.717) is 6.61 Å². The number of esters is 1. The summed E-state index contributed by atoms with van der Waals surface area (Å²) in [5.74, 6) is -0.567. The van der Waals surface area contributed by atoms with E-state index in [4.69, 9.17) is 9.47 Å². The summed E-state index contributed by atoms with van der Waals surface area (Å²) in [5, 5.41) is 11.1. The van der Waals surface area contributed by atoms with E-state index >= 15 is 0 Å².